The number of ether oxygens (including phenoxy) is 3. The molecule has 0 aliphatic heterocycles. The molecule has 0 aliphatic rings. The predicted molar refractivity (Wildman–Crippen MR) is 145 cm³/mol. The summed E-state index contributed by atoms with van der Waals surface area (Å²) in [5.74, 6) is 5.91. The molecule has 3 aromatic carbocycles. The monoisotopic (exact) mass is 630 g/mol. The summed E-state index contributed by atoms with van der Waals surface area (Å²) < 4.78 is 84.5. The van der Waals surface area contributed by atoms with Crippen molar-refractivity contribution in [1.29, 1.82) is 0 Å². The molecule has 0 N–H and O–H groups in total. The van der Waals surface area contributed by atoms with Gasteiger partial charge in [-0.15, -0.1) is 12.0 Å². The van der Waals surface area contributed by atoms with Crippen molar-refractivity contribution >= 4 is 24.0 Å². The van der Waals surface area contributed by atoms with Gasteiger partial charge in [-0.3, -0.25) is 0 Å². The molecule has 0 saturated heterocycles. The fourth-order valence-electron chi connectivity index (χ4n) is 2.20. The van der Waals surface area contributed by atoms with Crippen LogP contribution in [0.1, 0.15) is 11.1 Å². The van der Waals surface area contributed by atoms with Crippen LogP contribution in [-0.2, 0) is 0 Å². The maximum absolute atomic E-state index is 12.0. The first kappa shape index (κ1) is 33.5. The molecule has 208 valence electrons. The zero-order valence-corrected chi connectivity index (χ0v) is 23.7. The number of hydrogen-bond donors (Lipinski definition) is 0. The van der Waals surface area contributed by atoms with E-state index in [1.807, 2.05) is 0 Å². The molecule has 0 aliphatic carbocycles. The average Bonchev–Trinajstić information content (AvgIpc) is 2.85. The summed E-state index contributed by atoms with van der Waals surface area (Å²) in [7, 11) is -1.10. The highest BCUT2D eigenvalue weighted by molar-refractivity contribution is 9.10. The highest BCUT2D eigenvalue weighted by Gasteiger charge is 2.06. The Morgan fingerprint density at radius 1 is 0.590 bits per heavy atom. The van der Waals surface area contributed by atoms with E-state index in [0.29, 0.717) is 11.1 Å². The lowest BCUT2D eigenvalue weighted by molar-refractivity contribution is -0.0505. The number of benzene rings is 3. The molecule has 0 bridgehead atoms. The van der Waals surface area contributed by atoms with Crippen LogP contribution < -0.4 is 14.2 Å². The molecule has 0 aromatic heterocycles. The molecule has 0 amide bonds. The number of terminal acetylenes is 1. The van der Waals surface area contributed by atoms with Gasteiger partial charge in [-0.25, -0.2) is 0 Å². The molecule has 3 nitrogen and oxygen atoms in total. The van der Waals surface area contributed by atoms with Crippen LogP contribution in [0.4, 0.5) is 26.3 Å². The molecule has 39 heavy (non-hydrogen) atoms. The van der Waals surface area contributed by atoms with Crippen molar-refractivity contribution in [2.24, 2.45) is 0 Å². The molecule has 0 saturated carbocycles. The number of rotatable bonds is 6. The minimum Gasteiger partial charge on any atom is -0.435 e. The van der Waals surface area contributed by atoms with Gasteiger partial charge in [0, 0.05) is 15.6 Å². The Bertz CT molecular complexity index is 1150. The van der Waals surface area contributed by atoms with E-state index in [4.69, 9.17) is 6.42 Å². The van der Waals surface area contributed by atoms with Gasteiger partial charge in [0.25, 0.3) is 0 Å². The zero-order chi connectivity index (χ0) is 29.4. The lowest BCUT2D eigenvalue weighted by Crippen LogP contribution is -2.15. The second kappa shape index (κ2) is 17.1. The van der Waals surface area contributed by atoms with Crippen LogP contribution in [0.25, 0.3) is 0 Å². The van der Waals surface area contributed by atoms with E-state index in [-0.39, 0.29) is 17.2 Å². The lowest BCUT2D eigenvalue weighted by atomic mass is 10.2. The van der Waals surface area contributed by atoms with Crippen molar-refractivity contribution in [3.05, 3.63) is 88.4 Å². The summed E-state index contributed by atoms with van der Waals surface area (Å²) in [6.45, 7) is -2.06. The van der Waals surface area contributed by atoms with Crippen LogP contribution in [0.2, 0.25) is 19.6 Å². The summed E-state index contributed by atoms with van der Waals surface area (Å²) in [6.07, 6.45) is 5.12. The van der Waals surface area contributed by atoms with Gasteiger partial charge in [-0.1, -0.05) is 47.4 Å². The van der Waals surface area contributed by atoms with Crippen LogP contribution in [0.3, 0.4) is 0 Å². The standard InChI is InChI=1S/C16H10F4O2.C7H5BrF2O.C5H10Si/c17-15(18)21-13-7-3-11(4-8-13)1-2-12-5-9-14(10-6-12)22-16(19)20;8-5-1-3-6(4-2-5)11-7(9)10;1-5-6(2,3)4/h3-10,15-16H;1-4,7H;1H,2-4H3. The van der Waals surface area contributed by atoms with Crippen LogP contribution >= 0.6 is 15.9 Å². The molecule has 0 unspecified atom stereocenters. The van der Waals surface area contributed by atoms with Gasteiger partial charge in [0.15, 0.2) is 0 Å². The van der Waals surface area contributed by atoms with Gasteiger partial charge >= 0.3 is 19.8 Å². The Labute approximate surface area is 233 Å². The summed E-state index contributed by atoms with van der Waals surface area (Å²) in [5.41, 5.74) is 3.96. The highest BCUT2D eigenvalue weighted by atomic mass is 79.9. The van der Waals surface area contributed by atoms with Gasteiger partial charge in [-0.2, -0.15) is 26.3 Å². The molecule has 3 aromatic rings. The summed E-state index contributed by atoms with van der Waals surface area (Å²) in [5, 5.41) is 0. The zero-order valence-electron chi connectivity index (χ0n) is 21.1. The number of alkyl halides is 6. The van der Waals surface area contributed by atoms with Crippen LogP contribution in [0.5, 0.6) is 17.2 Å². The van der Waals surface area contributed by atoms with Crippen molar-refractivity contribution in [1.82, 2.24) is 0 Å². The molecule has 11 heteroatoms. The molecule has 0 atom stereocenters. The highest BCUT2D eigenvalue weighted by Crippen LogP contribution is 2.18. The third-order valence-corrected chi connectivity index (χ3v) is 5.38. The smallest absolute Gasteiger partial charge is 0.387 e. The third kappa shape index (κ3) is 16.8. The van der Waals surface area contributed by atoms with Crippen molar-refractivity contribution in [2.45, 2.75) is 39.5 Å². The fourth-order valence-corrected chi connectivity index (χ4v) is 2.46. The van der Waals surface area contributed by atoms with E-state index in [0.717, 1.165) is 4.47 Å². The van der Waals surface area contributed by atoms with Gasteiger partial charge < -0.3 is 14.2 Å². The topological polar surface area (TPSA) is 27.7 Å². The third-order valence-electron chi connectivity index (χ3n) is 3.98. The van der Waals surface area contributed by atoms with E-state index >= 15 is 0 Å². The second-order valence-corrected chi connectivity index (χ2v) is 14.0. The molecule has 0 spiro atoms. The summed E-state index contributed by atoms with van der Waals surface area (Å²) in [4.78, 5) is 0. The molecule has 0 heterocycles. The Hall–Kier alpha value is -3.54. The van der Waals surface area contributed by atoms with Gasteiger partial charge in [-0.05, 0) is 72.8 Å². The van der Waals surface area contributed by atoms with Crippen LogP contribution in [0.15, 0.2) is 77.3 Å². The first-order chi connectivity index (χ1) is 18.3. The van der Waals surface area contributed by atoms with Gasteiger partial charge in [0.1, 0.15) is 25.3 Å². The van der Waals surface area contributed by atoms with Crippen LogP contribution in [0, 0.1) is 23.8 Å². The Morgan fingerprint density at radius 3 is 1.08 bits per heavy atom. The summed E-state index contributed by atoms with van der Waals surface area (Å²) in [6, 6.07) is 17.9. The second-order valence-electron chi connectivity index (χ2n) is 8.28. The minimum atomic E-state index is -2.87. The number of halogens is 7. The van der Waals surface area contributed by atoms with Crippen molar-refractivity contribution in [3.8, 4) is 41.1 Å². The Kier molecular flexibility index (Phi) is 14.7. The van der Waals surface area contributed by atoms with Crippen LogP contribution in [-0.4, -0.2) is 27.9 Å². The van der Waals surface area contributed by atoms with Gasteiger partial charge in [0.2, 0.25) is 0 Å². The van der Waals surface area contributed by atoms with Crippen molar-refractivity contribution in [2.75, 3.05) is 0 Å². The minimum absolute atomic E-state index is 0.0500. The normalized spacial score (nSPS) is 10.3. The van der Waals surface area contributed by atoms with E-state index in [1.165, 1.54) is 36.4 Å². The maximum atomic E-state index is 12.0. The quantitative estimate of drug-likeness (QED) is 0.155. The first-order valence-electron chi connectivity index (χ1n) is 11.1. The lowest BCUT2D eigenvalue weighted by Gasteiger charge is -2.03. The first-order valence-corrected chi connectivity index (χ1v) is 15.4. The van der Waals surface area contributed by atoms with E-state index < -0.39 is 27.9 Å². The predicted octanol–water partition coefficient (Wildman–Crippen LogP) is 8.84. The fraction of sp³-hybridized carbons (Fsp3) is 0.214. The number of hydrogen-bond acceptors (Lipinski definition) is 3. The van der Waals surface area contributed by atoms with E-state index in [2.05, 4.69) is 67.2 Å². The average molecular weight is 631 g/mol. The molecular formula is C28H25BrF6O3Si. The molecule has 0 fully saturated rings. The summed E-state index contributed by atoms with van der Waals surface area (Å²) >= 11 is 3.17. The van der Waals surface area contributed by atoms with Crippen molar-refractivity contribution < 1.29 is 40.6 Å². The van der Waals surface area contributed by atoms with E-state index in [9.17, 15) is 26.3 Å². The molecule has 3 rings (SSSR count). The SMILES string of the molecule is C#C[Si](C)(C)C.FC(F)Oc1ccc(Br)cc1.FC(F)Oc1ccc(C#Cc2ccc(OC(F)F)cc2)cc1. The largest absolute Gasteiger partial charge is 0.435 e. The van der Waals surface area contributed by atoms with Crippen molar-refractivity contribution in [3.63, 3.8) is 0 Å². The van der Waals surface area contributed by atoms with Gasteiger partial charge in [0.05, 0.1) is 0 Å². The Balaban J connectivity index is 0.000000370. The molecular weight excluding hydrogens is 606 g/mol. The Morgan fingerprint density at radius 2 is 0.846 bits per heavy atom. The molecule has 0 radical (unpaired) electrons. The van der Waals surface area contributed by atoms with E-state index in [1.54, 1.807) is 36.4 Å². The maximum Gasteiger partial charge on any atom is 0.387 e.